The van der Waals surface area contributed by atoms with Crippen LogP contribution in [0.3, 0.4) is 0 Å². The van der Waals surface area contributed by atoms with Crippen molar-refractivity contribution in [1.29, 1.82) is 0 Å². The van der Waals surface area contributed by atoms with Crippen LogP contribution in [0.25, 0.3) is 0 Å². The molecule has 0 fully saturated rings. The number of carboxylic acids is 1. The van der Waals surface area contributed by atoms with Crippen molar-refractivity contribution in [3.8, 4) is 0 Å². The number of H-pyrrole nitrogens is 1. The molecule has 27 heavy (non-hydrogen) atoms. The van der Waals surface area contributed by atoms with E-state index in [0.717, 1.165) is 11.3 Å². The van der Waals surface area contributed by atoms with E-state index in [0.29, 0.717) is 30.1 Å². The topological polar surface area (TPSA) is 100 Å². The number of nitrogens with zero attached hydrogens (tertiary/aromatic N) is 3. The molecule has 0 atom stereocenters. The standard InChI is InChI=1S/C20H20N4O3/c1-14(22-12-16-9-5-6-10-21-16)19-17(11-18(25)26)23-24(20(19)27)13-15-7-3-2-4-8-15/h2-10,23H,11-13H2,1H3,(H,25,26). The van der Waals surface area contributed by atoms with E-state index < -0.39 is 5.97 Å². The molecule has 2 heterocycles. The van der Waals surface area contributed by atoms with E-state index in [9.17, 15) is 14.7 Å². The van der Waals surface area contributed by atoms with Crippen molar-refractivity contribution in [3.05, 3.63) is 87.6 Å². The number of carbonyl (C=O) groups is 1. The maximum absolute atomic E-state index is 12.9. The molecule has 0 amide bonds. The highest BCUT2D eigenvalue weighted by molar-refractivity contribution is 6.00. The first-order valence-corrected chi connectivity index (χ1v) is 8.53. The molecule has 0 radical (unpaired) electrons. The average Bonchev–Trinajstić information content (AvgIpc) is 2.96. The summed E-state index contributed by atoms with van der Waals surface area (Å²) in [4.78, 5) is 32.7. The summed E-state index contributed by atoms with van der Waals surface area (Å²) in [5.74, 6) is -1.01. The van der Waals surface area contributed by atoms with Gasteiger partial charge in [-0.2, -0.15) is 0 Å². The monoisotopic (exact) mass is 364 g/mol. The van der Waals surface area contributed by atoms with E-state index in [2.05, 4.69) is 15.1 Å². The summed E-state index contributed by atoms with van der Waals surface area (Å²) in [6, 6.07) is 15.0. The zero-order valence-electron chi connectivity index (χ0n) is 14.9. The highest BCUT2D eigenvalue weighted by Gasteiger charge is 2.19. The molecule has 7 heteroatoms. The number of carboxylic acid groups (broad SMARTS) is 1. The van der Waals surface area contributed by atoms with E-state index in [1.807, 2.05) is 48.5 Å². The zero-order chi connectivity index (χ0) is 19.2. The normalized spacial score (nSPS) is 11.5. The second-order valence-corrected chi connectivity index (χ2v) is 6.14. The lowest BCUT2D eigenvalue weighted by Gasteiger charge is -2.01. The molecular formula is C20H20N4O3. The predicted molar refractivity (Wildman–Crippen MR) is 102 cm³/mol. The molecule has 0 aliphatic rings. The molecular weight excluding hydrogens is 344 g/mol. The van der Waals surface area contributed by atoms with Crippen LogP contribution in [0.15, 0.2) is 64.5 Å². The first-order chi connectivity index (χ1) is 13.0. The van der Waals surface area contributed by atoms with Gasteiger partial charge in [0.25, 0.3) is 5.56 Å². The number of aliphatic carboxylic acids is 1. The summed E-state index contributed by atoms with van der Waals surface area (Å²) >= 11 is 0. The van der Waals surface area contributed by atoms with Crippen LogP contribution in [-0.4, -0.2) is 31.6 Å². The van der Waals surface area contributed by atoms with E-state index in [1.54, 1.807) is 13.1 Å². The predicted octanol–water partition coefficient (Wildman–Crippen LogP) is 2.26. The van der Waals surface area contributed by atoms with E-state index in [1.165, 1.54) is 4.68 Å². The zero-order valence-corrected chi connectivity index (χ0v) is 14.9. The Morgan fingerprint density at radius 1 is 1.19 bits per heavy atom. The van der Waals surface area contributed by atoms with Gasteiger partial charge >= 0.3 is 5.97 Å². The lowest BCUT2D eigenvalue weighted by atomic mass is 10.1. The fourth-order valence-corrected chi connectivity index (χ4v) is 2.83. The fraction of sp³-hybridized carbons (Fsp3) is 0.200. The number of benzene rings is 1. The molecule has 2 aromatic heterocycles. The summed E-state index contributed by atoms with van der Waals surface area (Å²) in [5, 5.41) is 12.1. The van der Waals surface area contributed by atoms with Crippen LogP contribution in [0.5, 0.6) is 0 Å². The molecule has 2 N–H and O–H groups in total. The van der Waals surface area contributed by atoms with Crippen molar-refractivity contribution in [1.82, 2.24) is 14.8 Å². The minimum atomic E-state index is -1.01. The highest BCUT2D eigenvalue weighted by atomic mass is 16.4. The molecule has 138 valence electrons. The Labute approximate surface area is 156 Å². The van der Waals surface area contributed by atoms with Crippen molar-refractivity contribution in [3.63, 3.8) is 0 Å². The quantitative estimate of drug-likeness (QED) is 0.628. The summed E-state index contributed by atoms with van der Waals surface area (Å²) in [6.45, 7) is 2.37. The SMILES string of the molecule is CC(=NCc1ccccn1)c1c(CC(=O)O)[nH]n(Cc2ccccc2)c1=O. The minimum absolute atomic E-state index is 0.275. The van der Waals surface area contributed by atoms with E-state index in [-0.39, 0.29) is 12.0 Å². The van der Waals surface area contributed by atoms with Crippen LogP contribution in [0.4, 0.5) is 0 Å². The Balaban J connectivity index is 1.94. The van der Waals surface area contributed by atoms with Gasteiger partial charge in [0.15, 0.2) is 0 Å². The number of rotatable bonds is 7. The maximum Gasteiger partial charge on any atom is 0.309 e. The van der Waals surface area contributed by atoms with Gasteiger partial charge in [-0.05, 0) is 24.6 Å². The van der Waals surface area contributed by atoms with Crippen LogP contribution in [0.2, 0.25) is 0 Å². The molecule has 7 nitrogen and oxygen atoms in total. The van der Waals surface area contributed by atoms with Crippen molar-refractivity contribution in [2.45, 2.75) is 26.4 Å². The third kappa shape index (κ3) is 4.58. The van der Waals surface area contributed by atoms with Crippen molar-refractivity contribution < 1.29 is 9.90 Å². The molecule has 3 aromatic rings. The smallest absolute Gasteiger partial charge is 0.309 e. The second kappa shape index (κ2) is 8.27. The Morgan fingerprint density at radius 3 is 2.59 bits per heavy atom. The van der Waals surface area contributed by atoms with Crippen LogP contribution < -0.4 is 5.56 Å². The molecule has 1 aromatic carbocycles. The number of aromatic nitrogens is 3. The molecule has 3 rings (SSSR count). The van der Waals surface area contributed by atoms with Crippen LogP contribution in [0.1, 0.15) is 29.4 Å². The van der Waals surface area contributed by atoms with E-state index in [4.69, 9.17) is 0 Å². The third-order valence-electron chi connectivity index (χ3n) is 4.11. The third-order valence-corrected chi connectivity index (χ3v) is 4.11. The van der Waals surface area contributed by atoms with Crippen molar-refractivity contribution in [2.75, 3.05) is 0 Å². The van der Waals surface area contributed by atoms with Gasteiger partial charge in [0, 0.05) is 11.9 Å². The molecule has 0 saturated carbocycles. The lowest BCUT2D eigenvalue weighted by molar-refractivity contribution is -0.136. The molecule has 0 unspecified atom stereocenters. The van der Waals surface area contributed by atoms with Crippen molar-refractivity contribution in [2.24, 2.45) is 4.99 Å². The fourth-order valence-electron chi connectivity index (χ4n) is 2.83. The van der Waals surface area contributed by atoms with Crippen molar-refractivity contribution >= 4 is 11.7 Å². The van der Waals surface area contributed by atoms with Crippen LogP contribution in [0, 0.1) is 0 Å². The Bertz CT molecular complexity index is 1000. The lowest BCUT2D eigenvalue weighted by Crippen LogP contribution is -2.22. The number of pyridine rings is 1. The number of hydrogen-bond donors (Lipinski definition) is 2. The molecule has 0 spiro atoms. The molecule has 0 aliphatic heterocycles. The Morgan fingerprint density at radius 2 is 1.93 bits per heavy atom. The first-order valence-electron chi connectivity index (χ1n) is 8.53. The number of aromatic amines is 1. The second-order valence-electron chi connectivity index (χ2n) is 6.14. The largest absolute Gasteiger partial charge is 0.481 e. The van der Waals surface area contributed by atoms with Crippen LogP contribution in [-0.2, 0) is 24.3 Å². The van der Waals surface area contributed by atoms with Gasteiger partial charge in [0.2, 0.25) is 0 Å². The summed E-state index contributed by atoms with van der Waals surface area (Å²) in [6.07, 6.45) is 1.40. The minimum Gasteiger partial charge on any atom is -0.481 e. The van der Waals surface area contributed by atoms with Gasteiger partial charge < -0.3 is 5.11 Å². The summed E-state index contributed by atoms with van der Waals surface area (Å²) in [5.41, 5.74) is 2.59. The summed E-state index contributed by atoms with van der Waals surface area (Å²) < 4.78 is 1.42. The first kappa shape index (κ1) is 18.3. The van der Waals surface area contributed by atoms with Gasteiger partial charge in [-0.1, -0.05) is 36.4 Å². The average molecular weight is 364 g/mol. The van der Waals surface area contributed by atoms with Gasteiger partial charge in [-0.15, -0.1) is 0 Å². The number of hydrogen-bond acceptors (Lipinski definition) is 4. The molecule has 0 aliphatic carbocycles. The molecule has 0 bridgehead atoms. The van der Waals surface area contributed by atoms with Gasteiger partial charge in [0.1, 0.15) is 0 Å². The molecule has 0 saturated heterocycles. The Hall–Kier alpha value is -3.48. The van der Waals surface area contributed by atoms with Crippen LogP contribution >= 0.6 is 0 Å². The highest BCUT2D eigenvalue weighted by Crippen LogP contribution is 2.09. The maximum atomic E-state index is 12.9. The number of aliphatic imine (C=N–C) groups is 1. The number of nitrogens with one attached hydrogen (secondary N) is 1. The van der Waals surface area contributed by atoms with Gasteiger partial charge in [-0.3, -0.25) is 24.7 Å². The van der Waals surface area contributed by atoms with Gasteiger partial charge in [-0.25, -0.2) is 4.68 Å². The Kier molecular flexibility index (Phi) is 5.61. The van der Waals surface area contributed by atoms with Gasteiger partial charge in [0.05, 0.1) is 36.5 Å². The van der Waals surface area contributed by atoms with E-state index >= 15 is 0 Å². The summed E-state index contributed by atoms with van der Waals surface area (Å²) in [7, 11) is 0.